The molecule has 0 atom stereocenters. The molecule has 2 aromatic carbocycles. The predicted octanol–water partition coefficient (Wildman–Crippen LogP) is 4.03. The highest BCUT2D eigenvalue weighted by Crippen LogP contribution is 2.17. The first-order chi connectivity index (χ1) is 13.0. The SMILES string of the molecule is CCN(NC(=O)c1c(C)nn(Cc2ccccc2)c1C)c1ccc(C)cc1. The van der Waals surface area contributed by atoms with E-state index in [0.717, 1.165) is 22.6 Å². The molecule has 5 nitrogen and oxygen atoms in total. The smallest absolute Gasteiger partial charge is 0.273 e. The van der Waals surface area contributed by atoms with E-state index in [0.29, 0.717) is 18.7 Å². The highest BCUT2D eigenvalue weighted by atomic mass is 16.2. The number of hydrogen-bond donors (Lipinski definition) is 1. The Morgan fingerprint density at radius 3 is 2.33 bits per heavy atom. The molecule has 0 aliphatic heterocycles. The molecular weight excluding hydrogens is 336 g/mol. The quantitative estimate of drug-likeness (QED) is 0.674. The lowest BCUT2D eigenvalue weighted by Crippen LogP contribution is -2.42. The van der Waals surface area contributed by atoms with Gasteiger partial charge in [0.05, 0.1) is 23.5 Å². The molecule has 140 valence electrons. The molecule has 3 aromatic rings. The first-order valence-corrected chi connectivity index (χ1v) is 9.22. The lowest BCUT2D eigenvalue weighted by molar-refractivity contribution is 0.0948. The van der Waals surface area contributed by atoms with Gasteiger partial charge in [-0.2, -0.15) is 5.10 Å². The molecule has 0 saturated carbocycles. The van der Waals surface area contributed by atoms with Crippen LogP contribution in [0.15, 0.2) is 54.6 Å². The molecule has 0 radical (unpaired) electrons. The summed E-state index contributed by atoms with van der Waals surface area (Å²) < 4.78 is 1.89. The van der Waals surface area contributed by atoms with Crippen molar-refractivity contribution >= 4 is 11.6 Å². The number of hydrazine groups is 1. The second kappa shape index (κ2) is 8.08. The molecular formula is C22H26N4O. The minimum Gasteiger partial charge on any atom is -0.286 e. The zero-order valence-electron chi connectivity index (χ0n) is 16.4. The maximum atomic E-state index is 13.0. The normalized spacial score (nSPS) is 10.7. The average Bonchev–Trinajstić information content (AvgIpc) is 2.94. The summed E-state index contributed by atoms with van der Waals surface area (Å²) in [5.41, 5.74) is 8.57. The summed E-state index contributed by atoms with van der Waals surface area (Å²) in [7, 11) is 0. The van der Waals surface area contributed by atoms with Gasteiger partial charge in [-0.1, -0.05) is 48.0 Å². The first-order valence-electron chi connectivity index (χ1n) is 9.22. The molecule has 3 rings (SSSR count). The molecule has 0 saturated heterocycles. The van der Waals surface area contributed by atoms with Gasteiger partial charge >= 0.3 is 0 Å². The molecule has 1 amide bonds. The number of carbonyl (C=O) groups is 1. The van der Waals surface area contributed by atoms with Crippen molar-refractivity contribution < 1.29 is 4.79 Å². The topological polar surface area (TPSA) is 50.2 Å². The Kier molecular flexibility index (Phi) is 5.60. The van der Waals surface area contributed by atoms with E-state index in [1.165, 1.54) is 5.56 Å². The third-order valence-corrected chi connectivity index (χ3v) is 4.68. The van der Waals surface area contributed by atoms with Gasteiger partial charge in [-0.05, 0) is 45.4 Å². The van der Waals surface area contributed by atoms with Crippen molar-refractivity contribution in [3.05, 3.63) is 82.7 Å². The van der Waals surface area contributed by atoms with Gasteiger partial charge in [-0.25, -0.2) is 0 Å². The van der Waals surface area contributed by atoms with Gasteiger partial charge < -0.3 is 0 Å². The van der Waals surface area contributed by atoms with Crippen molar-refractivity contribution in [1.29, 1.82) is 0 Å². The largest absolute Gasteiger partial charge is 0.286 e. The molecule has 0 aliphatic carbocycles. The van der Waals surface area contributed by atoms with Crippen molar-refractivity contribution in [3.63, 3.8) is 0 Å². The Labute approximate surface area is 160 Å². The fourth-order valence-corrected chi connectivity index (χ4v) is 3.17. The summed E-state index contributed by atoms with van der Waals surface area (Å²) in [6, 6.07) is 18.2. The number of hydrogen-bond acceptors (Lipinski definition) is 3. The number of anilines is 1. The Hall–Kier alpha value is -3.08. The number of rotatable bonds is 6. The third kappa shape index (κ3) is 4.19. The van der Waals surface area contributed by atoms with Gasteiger partial charge in [-0.15, -0.1) is 0 Å². The number of amides is 1. The fourth-order valence-electron chi connectivity index (χ4n) is 3.17. The van der Waals surface area contributed by atoms with Crippen LogP contribution in [0.25, 0.3) is 0 Å². The summed E-state index contributed by atoms with van der Waals surface area (Å²) >= 11 is 0. The predicted molar refractivity (Wildman–Crippen MR) is 109 cm³/mol. The van der Waals surface area contributed by atoms with Crippen LogP contribution in [0.1, 0.15) is 39.8 Å². The van der Waals surface area contributed by atoms with Crippen molar-refractivity contribution in [3.8, 4) is 0 Å². The first kappa shape index (κ1) is 18.7. The van der Waals surface area contributed by atoms with Crippen molar-refractivity contribution in [1.82, 2.24) is 15.2 Å². The highest BCUT2D eigenvalue weighted by molar-refractivity contribution is 5.97. The molecule has 1 N–H and O–H groups in total. The summed E-state index contributed by atoms with van der Waals surface area (Å²) in [5, 5.41) is 6.44. The van der Waals surface area contributed by atoms with Gasteiger partial charge in [0.25, 0.3) is 5.91 Å². The van der Waals surface area contributed by atoms with Gasteiger partial charge in [0.15, 0.2) is 0 Å². The van der Waals surface area contributed by atoms with E-state index in [4.69, 9.17) is 0 Å². The van der Waals surface area contributed by atoms with E-state index < -0.39 is 0 Å². The summed E-state index contributed by atoms with van der Waals surface area (Å²) in [6.45, 7) is 9.21. The van der Waals surface area contributed by atoms with Crippen LogP contribution >= 0.6 is 0 Å². The van der Waals surface area contributed by atoms with Crippen LogP contribution in [0, 0.1) is 20.8 Å². The molecule has 1 heterocycles. The Bertz CT molecular complexity index is 913. The highest BCUT2D eigenvalue weighted by Gasteiger charge is 2.20. The monoisotopic (exact) mass is 362 g/mol. The minimum atomic E-state index is -0.133. The molecule has 0 aliphatic rings. The number of carbonyl (C=O) groups excluding carboxylic acids is 1. The van der Waals surface area contributed by atoms with E-state index in [1.54, 1.807) is 0 Å². The Morgan fingerprint density at radius 2 is 1.70 bits per heavy atom. The lowest BCUT2D eigenvalue weighted by Gasteiger charge is -2.24. The summed E-state index contributed by atoms with van der Waals surface area (Å²) in [4.78, 5) is 13.0. The van der Waals surface area contributed by atoms with E-state index in [-0.39, 0.29) is 5.91 Å². The number of benzene rings is 2. The van der Waals surface area contributed by atoms with E-state index in [9.17, 15) is 4.79 Å². The zero-order chi connectivity index (χ0) is 19.4. The molecule has 0 spiro atoms. The van der Waals surface area contributed by atoms with Crippen molar-refractivity contribution in [2.24, 2.45) is 0 Å². The maximum Gasteiger partial charge on any atom is 0.273 e. The van der Waals surface area contributed by atoms with Gasteiger partial charge in [0, 0.05) is 12.2 Å². The van der Waals surface area contributed by atoms with Crippen LogP contribution < -0.4 is 10.4 Å². The average molecular weight is 362 g/mol. The number of aromatic nitrogens is 2. The van der Waals surface area contributed by atoms with E-state index in [2.05, 4.69) is 22.7 Å². The maximum absolute atomic E-state index is 13.0. The number of nitrogens with one attached hydrogen (secondary N) is 1. The van der Waals surface area contributed by atoms with Crippen LogP contribution in [-0.4, -0.2) is 22.2 Å². The van der Waals surface area contributed by atoms with Gasteiger partial charge in [-0.3, -0.25) is 19.9 Å². The minimum absolute atomic E-state index is 0.133. The van der Waals surface area contributed by atoms with Gasteiger partial charge in [0.2, 0.25) is 0 Å². The Morgan fingerprint density at radius 1 is 1.04 bits per heavy atom. The lowest BCUT2D eigenvalue weighted by atomic mass is 10.2. The second-order valence-electron chi connectivity index (χ2n) is 6.71. The van der Waals surface area contributed by atoms with Crippen LogP contribution in [0.3, 0.4) is 0 Å². The van der Waals surface area contributed by atoms with E-state index in [1.807, 2.05) is 79.9 Å². The van der Waals surface area contributed by atoms with Crippen molar-refractivity contribution in [2.75, 3.05) is 11.6 Å². The molecule has 1 aromatic heterocycles. The standard InChI is InChI=1S/C22H26N4O/c1-5-25(20-13-11-16(2)12-14-20)24-22(27)21-17(3)23-26(18(21)4)15-19-9-7-6-8-10-19/h6-14H,5,15H2,1-4H3,(H,24,27). The third-order valence-electron chi connectivity index (χ3n) is 4.68. The van der Waals surface area contributed by atoms with Crippen LogP contribution in [-0.2, 0) is 6.54 Å². The zero-order valence-corrected chi connectivity index (χ0v) is 16.4. The van der Waals surface area contributed by atoms with Crippen LogP contribution in [0.4, 0.5) is 5.69 Å². The van der Waals surface area contributed by atoms with Gasteiger partial charge in [0.1, 0.15) is 0 Å². The molecule has 27 heavy (non-hydrogen) atoms. The van der Waals surface area contributed by atoms with Crippen molar-refractivity contribution in [2.45, 2.75) is 34.2 Å². The second-order valence-corrected chi connectivity index (χ2v) is 6.71. The fraction of sp³-hybridized carbons (Fsp3) is 0.273. The number of nitrogens with zero attached hydrogens (tertiary/aromatic N) is 3. The molecule has 0 bridgehead atoms. The van der Waals surface area contributed by atoms with E-state index >= 15 is 0 Å². The van der Waals surface area contributed by atoms with Crippen LogP contribution in [0.2, 0.25) is 0 Å². The summed E-state index contributed by atoms with van der Waals surface area (Å²) in [5.74, 6) is -0.133. The molecule has 0 fully saturated rings. The molecule has 5 heteroatoms. The van der Waals surface area contributed by atoms with Crippen LogP contribution in [0.5, 0.6) is 0 Å². The number of aryl methyl sites for hydroxylation is 2. The Balaban J connectivity index is 1.80. The summed E-state index contributed by atoms with van der Waals surface area (Å²) in [6.07, 6.45) is 0. The molecule has 0 unspecified atom stereocenters.